The van der Waals surface area contributed by atoms with Crippen molar-refractivity contribution in [2.75, 3.05) is 31.1 Å². The monoisotopic (exact) mass is 427 g/mol. The van der Waals surface area contributed by atoms with Gasteiger partial charge in [-0.15, -0.1) is 12.4 Å². The number of halogens is 3. The topological polar surface area (TPSA) is 83.8 Å². The van der Waals surface area contributed by atoms with Crippen molar-refractivity contribution in [3.63, 3.8) is 0 Å². The summed E-state index contributed by atoms with van der Waals surface area (Å²) < 4.78 is 37.7. The zero-order valence-corrected chi connectivity index (χ0v) is 16.2. The molecule has 1 aliphatic carbocycles. The van der Waals surface area contributed by atoms with E-state index in [0.29, 0.717) is 26.2 Å². The number of morpholine rings is 1. The number of fused-ring (bicyclic) bond motifs is 2. The lowest BCUT2D eigenvalue weighted by atomic mass is 10.1. The Labute approximate surface area is 170 Å². The first-order valence-electron chi connectivity index (χ1n) is 9.35. The molecule has 1 aromatic carbocycles. The number of rotatable bonds is 3. The molecule has 5 rings (SSSR count). The molecule has 29 heavy (non-hydrogen) atoms. The van der Waals surface area contributed by atoms with Crippen molar-refractivity contribution >= 4 is 35.0 Å². The highest BCUT2D eigenvalue weighted by molar-refractivity contribution is 5.94. The molecule has 0 amide bonds. The Morgan fingerprint density at radius 1 is 1.28 bits per heavy atom. The van der Waals surface area contributed by atoms with Crippen molar-refractivity contribution < 1.29 is 23.4 Å². The molecule has 2 saturated heterocycles. The second kappa shape index (κ2) is 7.23. The molecule has 10 heteroatoms. The van der Waals surface area contributed by atoms with Crippen LogP contribution in [0.25, 0.3) is 10.9 Å². The molecule has 156 valence electrons. The predicted molar refractivity (Wildman–Crippen MR) is 104 cm³/mol. The quantitative estimate of drug-likeness (QED) is 0.778. The smallest absolute Gasteiger partial charge is 0.341 e. The summed E-state index contributed by atoms with van der Waals surface area (Å²) in [5, 5.41) is 12.4. The van der Waals surface area contributed by atoms with Crippen molar-refractivity contribution in [1.29, 1.82) is 0 Å². The standard InChI is InChI=1S/C19H19F2N3O4.ClH/c20-12-5-10-16(24(9-1-2-9)6-11(18(10)25)19(26)27)15(21)17(12)23-7-13-14(8-23)28-4-3-22-13;/h5-6,9,13-14,22H,1-4,7-8H2,(H,26,27);1H/t13-,14+;/m1./s1. The molecule has 3 heterocycles. The number of carbonyl (C=O) groups is 1. The fraction of sp³-hybridized carbons (Fsp3) is 0.474. The minimum atomic E-state index is -1.40. The first-order valence-corrected chi connectivity index (χ1v) is 9.35. The van der Waals surface area contributed by atoms with Crippen LogP contribution in [0.15, 0.2) is 17.1 Å². The van der Waals surface area contributed by atoms with Gasteiger partial charge < -0.3 is 24.6 Å². The fourth-order valence-electron chi connectivity index (χ4n) is 4.29. The average molecular weight is 428 g/mol. The van der Waals surface area contributed by atoms with Crippen LogP contribution < -0.4 is 15.6 Å². The number of hydrogen-bond donors (Lipinski definition) is 2. The average Bonchev–Trinajstić information content (AvgIpc) is 3.41. The van der Waals surface area contributed by atoms with E-state index >= 15 is 4.39 Å². The zero-order valence-electron chi connectivity index (χ0n) is 15.4. The maximum atomic E-state index is 15.6. The van der Waals surface area contributed by atoms with E-state index in [1.165, 1.54) is 10.8 Å². The molecule has 3 fully saturated rings. The normalized spacial score (nSPS) is 23.7. The number of aromatic nitrogens is 1. The molecule has 1 aromatic heterocycles. The van der Waals surface area contributed by atoms with Crippen LogP contribution in [-0.4, -0.2) is 54.0 Å². The van der Waals surface area contributed by atoms with Gasteiger partial charge in [0, 0.05) is 31.9 Å². The number of nitrogens with zero attached hydrogens (tertiary/aromatic N) is 2. The molecule has 1 saturated carbocycles. The molecular formula is C19H20ClF2N3O4. The van der Waals surface area contributed by atoms with E-state index in [4.69, 9.17) is 4.74 Å². The van der Waals surface area contributed by atoms with Crippen molar-refractivity contribution in [2.45, 2.75) is 31.0 Å². The van der Waals surface area contributed by atoms with E-state index in [1.54, 1.807) is 4.90 Å². The van der Waals surface area contributed by atoms with Crippen molar-refractivity contribution in [3.05, 3.63) is 39.7 Å². The molecule has 0 bridgehead atoms. The summed E-state index contributed by atoms with van der Waals surface area (Å²) in [5.41, 5.74) is -1.57. The number of aromatic carboxylic acids is 1. The molecule has 0 radical (unpaired) electrons. The van der Waals surface area contributed by atoms with Crippen LogP contribution in [0.3, 0.4) is 0 Å². The molecular weight excluding hydrogens is 408 g/mol. The second-order valence-electron chi connectivity index (χ2n) is 7.61. The Hall–Kier alpha value is -2.23. The van der Waals surface area contributed by atoms with E-state index in [1.807, 2.05) is 0 Å². The van der Waals surface area contributed by atoms with Crippen LogP contribution in [0, 0.1) is 11.6 Å². The summed E-state index contributed by atoms with van der Waals surface area (Å²) in [5.74, 6) is -3.10. The lowest BCUT2D eigenvalue weighted by Gasteiger charge is -2.25. The summed E-state index contributed by atoms with van der Waals surface area (Å²) in [7, 11) is 0. The fourth-order valence-corrected chi connectivity index (χ4v) is 4.29. The number of ether oxygens (including phenoxy) is 1. The number of nitrogens with one attached hydrogen (secondary N) is 1. The Morgan fingerprint density at radius 3 is 2.69 bits per heavy atom. The van der Waals surface area contributed by atoms with Crippen LogP contribution in [0.5, 0.6) is 0 Å². The van der Waals surface area contributed by atoms with Gasteiger partial charge in [0.1, 0.15) is 17.1 Å². The van der Waals surface area contributed by atoms with Crippen molar-refractivity contribution in [2.24, 2.45) is 0 Å². The minimum Gasteiger partial charge on any atom is -0.477 e. The van der Waals surface area contributed by atoms with Gasteiger partial charge in [-0.2, -0.15) is 0 Å². The van der Waals surface area contributed by atoms with Gasteiger partial charge in [0.2, 0.25) is 5.43 Å². The summed E-state index contributed by atoms with van der Waals surface area (Å²) in [4.78, 5) is 25.6. The molecule has 0 spiro atoms. The Kier molecular flexibility index (Phi) is 5.00. The summed E-state index contributed by atoms with van der Waals surface area (Å²) in [6.45, 7) is 1.98. The molecule has 2 N–H and O–H groups in total. The zero-order chi connectivity index (χ0) is 19.6. The van der Waals surface area contributed by atoms with Gasteiger partial charge in [0.25, 0.3) is 0 Å². The first-order chi connectivity index (χ1) is 13.5. The summed E-state index contributed by atoms with van der Waals surface area (Å²) in [6.07, 6.45) is 2.55. The highest BCUT2D eigenvalue weighted by Crippen LogP contribution is 2.40. The first kappa shape index (κ1) is 20.1. The SMILES string of the molecule is Cl.O=C(O)c1cn(C2CC2)c2c(F)c(N3C[C@@H]4OCCN[C@@H]4C3)c(F)cc2c1=O. The van der Waals surface area contributed by atoms with Gasteiger partial charge in [-0.3, -0.25) is 4.79 Å². The molecule has 7 nitrogen and oxygen atoms in total. The number of carboxylic acids is 1. The van der Waals surface area contributed by atoms with E-state index in [0.717, 1.165) is 18.9 Å². The third-order valence-corrected chi connectivity index (χ3v) is 5.78. The summed E-state index contributed by atoms with van der Waals surface area (Å²) in [6, 6.07) is 0.876. The largest absolute Gasteiger partial charge is 0.477 e. The van der Waals surface area contributed by atoms with Gasteiger partial charge in [-0.1, -0.05) is 0 Å². The van der Waals surface area contributed by atoms with Crippen LogP contribution in [0.4, 0.5) is 14.5 Å². The maximum Gasteiger partial charge on any atom is 0.341 e. The number of pyridine rings is 1. The van der Waals surface area contributed by atoms with Gasteiger partial charge in [-0.25, -0.2) is 13.6 Å². The second-order valence-corrected chi connectivity index (χ2v) is 7.61. The lowest BCUT2D eigenvalue weighted by Crippen LogP contribution is -2.47. The third kappa shape index (κ3) is 3.17. The van der Waals surface area contributed by atoms with E-state index in [-0.39, 0.29) is 47.2 Å². The van der Waals surface area contributed by atoms with Gasteiger partial charge >= 0.3 is 5.97 Å². The van der Waals surface area contributed by atoms with Gasteiger partial charge in [-0.05, 0) is 18.9 Å². The van der Waals surface area contributed by atoms with Crippen LogP contribution >= 0.6 is 12.4 Å². The molecule has 0 unspecified atom stereocenters. The van der Waals surface area contributed by atoms with Gasteiger partial charge in [0.15, 0.2) is 5.82 Å². The van der Waals surface area contributed by atoms with E-state index in [2.05, 4.69) is 5.32 Å². The van der Waals surface area contributed by atoms with Gasteiger partial charge in [0.05, 0.1) is 29.7 Å². The van der Waals surface area contributed by atoms with Crippen LogP contribution in [-0.2, 0) is 4.74 Å². The van der Waals surface area contributed by atoms with E-state index in [9.17, 15) is 19.1 Å². The number of hydrogen-bond acceptors (Lipinski definition) is 5. The summed E-state index contributed by atoms with van der Waals surface area (Å²) >= 11 is 0. The highest BCUT2D eigenvalue weighted by atomic mass is 35.5. The Balaban J connectivity index is 0.00000205. The molecule has 2 aromatic rings. The molecule has 2 aliphatic heterocycles. The Morgan fingerprint density at radius 2 is 2.03 bits per heavy atom. The van der Waals surface area contributed by atoms with E-state index < -0.39 is 28.6 Å². The highest BCUT2D eigenvalue weighted by Gasteiger charge is 2.38. The third-order valence-electron chi connectivity index (χ3n) is 5.78. The maximum absolute atomic E-state index is 15.6. The van der Waals surface area contributed by atoms with Crippen molar-refractivity contribution in [3.8, 4) is 0 Å². The number of benzene rings is 1. The number of carboxylic acid groups (broad SMARTS) is 1. The minimum absolute atomic E-state index is 0. The van der Waals surface area contributed by atoms with Crippen LogP contribution in [0.2, 0.25) is 0 Å². The molecule has 3 aliphatic rings. The van der Waals surface area contributed by atoms with Crippen molar-refractivity contribution in [1.82, 2.24) is 9.88 Å². The van der Waals surface area contributed by atoms with Crippen LogP contribution in [0.1, 0.15) is 29.2 Å². The molecule has 2 atom stereocenters. The number of anilines is 1. The Bertz CT molecular complexity index is 1040. The predicted octanol–water partition coefficient (Wildman–Crippen LogP) is 1.91. The lowest BCUT2D eigenvalue weighted by molar-refractivity contribution is 0.0212.